The van der Waals surface area contributed by atoms with Gasteiger partial charge in [-0.3, -0.25) is 0 Å². The molecular weight excluding hydrogens is 216 g/mol. The zero-order valence-corrected chi connectivity index (χ0v) is 10.3. The molecule has 0 aliphatic rings. The van der Waals surface area contributed by atoms with Crippen molar-refractivity contribution < 1.29 is 4.74 Å². The van der Waals surface area contributed by atoms with Gasteiger partial charge in [-0.1, -0.05) is 18.2 Å². The molecule has 1 nitrogen and oxygen atoms in total. The summed E-state index contributed by atoms with van der Waals surface area (Å²) in [6.07, 6.45) is 4.25. The van der Waals surface area contributed by atoms with Gasteiger partial charge in [-0.2, -0.15) is 0 Å². The van der Waals surface area contributed by atoms with Crippen LogP contribution >= 0.6 is 11.3 Å². The number of hydrogen-bond acceptors (Lipinski definition) is 2. The fourth-order valence-corrected chi connectivity index (χ4v) is 2.22. The largest absolute Gasteiger partial charge is 0.497 e. The van der Waals surface area contributed by atoms with E-state index in [1.807, 2.05) is 12.1 Å². The maximum atomic E-state index is 5.11. The summed E-state index contributed by atoms with van der Waals surface area (Å²) in [4.78, 5) is 2.63. The van der Waals surface area contributed by atoms with Crippen molar-refractivity contribution in [1.29, 1.82) is 0 Å². The number of hydrogen-bond donors (Lipinski definition) is 0. The van der Waals surface area contributed by atoms with E-state index in [-0.39, 0.29) is 0 Å². The van der Waals surface area contributed by atoms with E-state index in [9.17, 15) is 0 Å². The average Bonchev–Trinajstić information content (AvgIpc) is 2.73. The van der Waals surface area contributed by atoms with E-state index < -0.39 is 0 Å². The van der Waals surface area contributed by atoms with E-state index in [0.717, 1.165) is 5.75 Å². The van der Waals surface area contributed by atoms with Gasteiger partial charge in [0.15, 0.2) is 0 Å². The van der Waals surface area contributed by atoms with Crippen LogP contribution in [0.5, 0.6) is 5.75 Å². The van der Waals surface area contributed by atoms with E-state index in [1.54, 1.807) is 18.4 Å². The van der Waals surface area contributed by atoms with Crippen LogP contribution < -0.4 is 4.74 Å². The second-order valence-corrected chi connectivity index (χ2v) is 4.87. The van der Waals surface area contributed by atoms with Gasteiger partial charge in [-0.25, -0.2) is 0 Å². The fourth-order valence-electron chi connectivity index (χ4n) is 1.44. The lowest BCUT2D eigenvalue weighted by Crippen LogP contribution is -1.81. The van der Waals surface area contributed by atoms with Crippen LogP contribution in [0.25, 0.3) is 12.2 Å². The standard InChI is InChI=1S/C14H14OS/c1-11-3-9-14(16-11)10-6-12-4-7-13(15-2)8-5-12/h3-10H,1-2H3. The average molecular weight is 230 g/mol. The Balaban J connectivity index is 2.11. The summed E-state index contributed by atoms with van der Waals surface area (Å²) in [5.74, 6) is 0.893. The lowest BCUT2D eigenvalue weighted by Gasteiger charge is -1.98. The molecular formula is C14H14OS. The van der Waals surface area contributed by atoms with Crippen LogP contribution in [0.3, 0.4) is 0 Å². The first kappa shape index (κ1) is 11.0. The lowest BCUT2D eigenvalue weighted by molar-refractivity contribution is 0.415. The van der Waals surface area contributed by atoms with Gasteiger partial charge in [-0.05, 0) is 42.8 Å². The van der Waals surface area contributed by atoms with Crippen molar-refractivity contribution in [2.75, 3.05) is 7.11 Å². The first-order valence-electron chi connectivity index (χ1n) is 5.16. The van der Waals surface area contributed by atoms with Crippen LogP contribution in [0, 0.1) is 6.92 Å². The highest BCUT2D eigenvalue weighted by atomic mass is 32.1. The Hall–Kier alpha value is -1.54. The van der Waals surface area contributed by atoms with Crippen LogP contribution in [-0.2, 0) is 0 Å². The van der Waals surface area contributed by atoms with Gasteiger partial charge in [0.1, 0.15) is 5.75 Å². The Labute approximate surface area is 100 Å². The molecule has 16 heavy (non-hydrogen) atoms. The Bertz CT molecular complexity index is 480. The molecule has 2 heteroatoms. The maximum absolute atomic E-state index is 5.11. The summed E-state index contributed by atoms with van der Waals surface area (Å²) >= 11 is 1.80. The van der Waals surface area contributed by atoms with Crippen LogP contribution in [0.15, 0.2) is 36.4 Å². The van der Waals surface area contributed by atoms with Gasteiger partial charge >= 0.3 is 0 Å². The zero-order valence-electron chi connectivity index (χ0n) is 9.44. The molecule has 0 radical (unpaired) electrons. The summed E-state index contributed by atoms with van der Waals surface area (Å²) < 4.78 is 5.11. The van der Waals surface area contributed by atoms with Gasteiger partial charge < -0.3 is 4.74 Å². The molecule has 2 rings (SSSR count). The minimum absolute atomic E-state index is 0.893. The molecule has 0 unspecified atom stereocenters. The molecule has 0 aliphatic carbocycles. The quantitative estimate of drug-likeness (QED) is 0.766. The number of methoxy groups -OCH3 is 1. The van der Waals surface area contributed by atoms with Crippen LogP contribution in [0.1, 0.15) is 15.3 Å². The van der Waals surface area contributed by atoms with E-state index in [1.165, 1.54) is 15.3 Å². The minimum atomic E-state index is 0.893. The molecule has 2 aromatic rings. The zero-order chi connectivity index (χ0) is 11.4. The topological polar surface area (TPSA) is 9.23 Å². The predicted molar refractivity (Wildman–Crippen MR) is 71.0 cm³/mol. The van der Waals surface area contributed by atoms with E-state index in [2.05, 4.69) is 43.3 Å². The third-order valence-electron chi connectivity index (χ3n) is 2.32. The molecule has 0 bridgehead atoms. The third-order valence-corrected chi connectivity index (χ3v) is 3.28. The van der Waals surface area contributed by atoms with Crippen molar-refractivity contribution in [1.82, 2.24) is 0 Å². The summed E-state index contributed by atoms with van der Waals surface area (Å²) in [5.41, 5.74) is 1.19. The first-order valence-corrected chi connectivity index (χ1v) is 5.98. The van der Waals surface area contributed by atoms with Crippen molar-refractivity contribution in [2.24, 2.45) is 0 Å². The smallest absolute Gasteiger partial charge is 0.118 e. The number of ether oxygens (including phenoxy) is 1. The van der Waals surface area contributed by atoms with E-state index in [0.29, 0.717) is 0 Å². The van der Waals surface area contributed by atoms with Crippen LogP contribution in [0.4, 0.5) is 0 Å². The lowest BCUT2D eigenvalue weighted by atomic mass is 10.2. The highest BCUT2D eigenvalue weighted by molar-refractivity contribution is 7.12. The van der Waals surface area contributed by atoms with Gasteiger partial charge in [0.25, 0.3) is 0 Å². The molecule has 0 spiro atoms. The molecule has 0 saturated carbocycles. The van der Waals surface area contributed by atoms with Crippen molar-refractivity contribution in [3.63, 3.8) is 0 Å². The molecule has 0 saturated heterocycles. The number of thiophene rings is 1. The van der Waals surface area contributed by atoms with Crippen molar-refractivity contribution >= 4 is 23.5 Å². The van der Waals surface area contributed by atoms with Gasteiger partial charge in [-0.15, -0.1) is 11.3 Å². The van der Waals surface area contributed by atoms with Crippen molar-refractivity contribution in [2.45, 2.75) is 6.92 Å². The van der Waals surface area contributed by atoms with Crippen LogP contribution in [0.2, 0.25) is 0 Å². The van der Waals surface area contributed by atoms with Gasteiger partial charge in [0.2, 0.25) is 0 Å². The van der Waals surface area contributed by atoms with E-state index >= 15 is 0 Å². The molecule has 0 fully saturated rings. The van der Waals surface area contributed by atoms with E-state index in [4.69, 9.17) is 4.74 Å². The molecule has 1 heterocycles. The van der Waals surface area contributed by atoms with Crippen molar-refractivity contribution in [3.05, 3.63) is 51.7 Å². The Kier molecular flexibility index (Phi) is 3.42. The number of benzene rings is 1. The molecule has 0 aliphatic heterocycles. The molecule has 0 amide bonds. The molecule has 82 valence electrons. The number of aryl methyl sites for hydroxylation is 1. The highest BCUT2D eigenvalue weighted by Crippen LogP contribution is 2.19. The summed E-state index contributed by atoms with van der Waals surface area (Å²) in [5, 5.41) is 0. The summed E-state index contributed by atoms with van der Waals surface area (Å²) in [7, 11) is 1.68. The Morgan fingerprint density at radius 1 is 1.00 bits per heavy atom. The number of rotatable bonds is 3. The molecule has 1 aromatic carbocycles. The highest BCUT2D eigenvalue weighted by Gasteiger charge is 1.92. The first-order chi connectivity index (χ1) is 7.78. The fraction of sp³-hybridized carbons (Fsp3) is 0.143. The van der Waals surface area contributed by atoms with Crippen LogP contribution in [-0.4, -0.2) is 7.11 Å². The Morgan fingerprint density at radius 2 is 1.75 bits per heavy atom. The Morgan fingerprint density at radius 3 is 2.31 bits per heavy atom. The molecule has 0 atom stereocenters. The second kappa shape index (κ2) is 4.99. The summed E-state index contributed by atoms with van der Waals surface area (Å²) in [6.45, 7) is 2.12. The monoisotopic (exact) mass is 230 g/mol. The normalized spacial score (nSPS) is 10.9. The summed E-state index contributed by atoms with van der Waals surface area (Å²) in [6, 6.07) is 12.3. The predicted octanol–water partition coefficient (Wildman–Crippen LogP) is 4.24. The second-order valence-electron chi connectivity index (χ2n) is 3.55. The SMILES string of the molecule is COc1ccc(C=Cc2ccc(C)s2)cc1. The van der Waals surface area contributed by atoms with Gasteiger partial charge in [0, 0.05) is 9.75 Å². The minimum Gasteiger partial charge on any atom is -0.497 e. The van der Waals surface area contributed by atoms with Crippen molar-refractivity contribution in [3.8, 4) is 5.75 Å². The molecule has 1 aromatic heterocycles. The van der Waals surface area contributed by atoms with Gasteiger partial charge in [0.05, 0.1) is 7.11 Å². The third kappa shape index (κ3) is 2.74. The molecule has 0 N–H and O–H groups in total. The maximum Gasteiger partial charge on any atom is 0.118 e.